The lowest BCUT2D eigenvalue weighted by molar-refractivity contribution is -0.163. The molecule has 59 heavy (non-hydrogen) atoms. The first kappa shape index (κ1) is 55.9. The molecule has 16 nitrogen and oxygen atoms in total. The zero-order chi connectivity index (χ0) is 44.0. The second-order valence-corrected chi connectivity index (χ2v) is 16.5. The van der Waals surface area contributed by atoms with Crippen LogP contribution in [0, 0.1) is 0 Å². The highest BCUT2D eigenvalue weighted by Gasteiger charge is 2.29. The van der Waals surface area contributed by atoms with Gasteiger partial charge in [0.1, 0.15) is 13.2 Å². The van der Waals surface area contributed by atoms with Crippen LogP contribution in [0.25, 0.3) is 0 Å². The number of carboxylic acids is 2. The Kier molecular flexibility index (Phi) is 35.9. The van der Waals surface area contributed by atoms with E-state index in [1.807, 2.05) is 0 Å². The van der Waals surface area contributed by atoms with E-state index in [4.69, 9.17) is 38.2 Å². The lowest BCUT2D eigenvalue weighted by Crippen LogP contribution is -2.31. The van der Waals surface area contributed by atoms with E-state index in [0.717, 1.165) is 44.9 Å². The minimum absolute atomic E-state index is 0.0909. The van der Waals surface area contributed by atoms with Crippen LogP contribution < -0.4 is 0 Å². The summed E-state index contributed by atoms with van der Waals surface area (Å²) in [7, 11) is -4.96. The molecule has 2 unspecified atom stereocenters. The van der Waals surface area contributed by atoms with Crippen LogP contribution in [-0.4, -0.2) is 89.6 Å². The van der Waals surface area contributed by atoms with Crippen molar-refractivity contribution in [3.63, 3.8) is 0 Å². The van der Waals surface area contributed by atoms with Crippen molar-refractivity contribution in [3.05, 3.63) is 0 Å². The first-order valence-corrected chi connectivity index (χ1v) is 23.5. The highest BCUT2D eigenvalue weighted by atomic mass is 31.2. The van der Waals surface area contributed by atoms with E-state index < -0.39 is 108 Å². The number of carbonyl (C=O) groups is 6. The molecule has 0 radical (unpaired) electrons. The van der Waals surface area contributed by atoms with Gasteiger partial charge in [0.05, 0.1) is 38.9 Å². The Balaban J connectivity index is 5.12. The maximum Gasteiger partial charge on any atom is 0.472 e. The van der Waals surface area contributed by atoms with Gasteiger partial charge in [0.25, 0.3) is 0 Å². The third kappa shape index (κ3) is 38.9. The number of ether oxygens (including phenoxy) is 4. The van der Waals surface area contributed by atoms with Crippen molar-refractivity contribution in [1.29, 1.82) is 0 Å². The first-order valence-electron chi connectivity index (χ1n) is 22.0. The second kappa shape index (κ2) is 37.9. The molecular weight excluding hydrogens is 791 g/mol. The summed E-state index contributed by atoms with van der Waals surface area (Å²) in [6.45, 7) is 1.71. The maximum atomic E-state index is 12.8. The van der Waals surface area contributed by atoms with Crippen LogP contribution in [0.15, 0.2) is 0 Å². The smallest absolute Gasteiger partial charge is 0.472 e. The van der Waals surface area contributed by atoms with E-state index in [1.54, 1.807) is 0 Å². The molecule has 0 aliphatic rings. The molecule has 0 bridgehead atoms. The second-order valence-electron chi connectivity index (χ2n) is 15.0. The van der Waals surface area contributed by atoms with E-state index in [2.05, 4.69) is 13.8 Å². The van der Waals surface area contributed by atoms with Crippen molar-refractivity contribution in [2.45, 2.75) is 206 Å². The van der Waals surface area contributed by atoms with Crippen LogP contribution >= 0.6 is 7.82 Å². The molecule has 0 aliphatic carbocycles. The van der Waals surface area contributed by atoms with Gasteiger partial charge in [0.2, 0.25) is 0 Å². The van der Waals surface area contributed by atoms with Crippen molar-refractivity contribution in [2.24, 2.45) is 0 Å². The Hall–Kier alpha value is -3.07. The van der Waals surface area contributed by atoms with Crippen LogP contribution in [0.1, 0.15) is 194 Å². The molecule has 0 saturated heterocycles. The Morgan fingerprint density at radius 2 is 0.695 bits per heavy atom. The fourth-order valence-corrected chi connectivity index (χ4v) is 6.70. The zero-order valence-electron chi connectivity index (χ0n) is 35.9. The molecule has 0 heterocycles. The molecule has 17 heteroatoms. The number of aliphatic carboxylic acids is 2. The highest BCUT2D eigenvalue weighted by Crippen LogP contribution is 2.43. The summed E-state index contributed by atoms with van der Waals surface area (Å²) >= 11 is 0. The molecule has 0 fully saturated rings. The molecule has 0 aromatic carbocycles. The number of esters is 4. The minimum atomic E-state index is -4.96. The molecule has 0 amide bonds. The van der Waals surface area contributed by atoms with Crippen LogP contribution in [0.5, 0.6) is 0 Å². The predicted octanol–water partition coefficient (Wildman–Crippen LogP) is 9.16. The van der Waals surface area contributed by atoms with E-state index in [9.17, 15) is 38.2 Å². The van der Waals surface area contributed by atoms with E-state index in [0.29, 0.717) is 12.8 Å². The molecule has 3 atom stereocenters. The van der Waals surface area contributed by atoms with Gasteiger partial charge in [0, 0.05) is 12.8 Å². The first-order chi connectivity index (χ1) is 28.3. The predicted molar refractivity (Wildman–Crippen MR) is 219 cm³/mol. The van der Waals surface area contributed by atoms with Crippen molar-refractivity contribution in [3.8, 4) is 0 Å². The monoisotopic (exact) mass is 866 g/mol. The fraction of sp³-hybridized carbons (Fsp3) is 0.857. The van der Waals surface area contributed by atoms with Gasteiger partial charge in [-0.25, -0.2) is 4.57 Å². The van der Waals surface area contributed by atoms with Gasteiger partial charge in [0.15, 0.2) is 12.2 Å². The molecule has 0 aromatic rings. The van der Waals surface area contributed by atoms with Crippen LogP contribution in [0.4, 0.5) is 0 Å². The minimum Gasteiger partial charge on any atom is -0.481 e. The van der Waals surface area contributed by atoms with Crippen molar-refractivity contribution >= 4 is 43.6 Å². The number of hydrogen-bond donors (Lipinski definition) is 3. The van der Waals surface area contributed by atoms with Crippen LogP contribution in [0.3, 0.4) is 0 Å². The van der Waals surface area contributed by atoms with Crippen molar-refractivity contribution in [2.75, 3.05) is 26.4 Å². The van der Waals surface area contributed by atoms with Gasteiger partial charge >= 0.3 is 43.6 Å². The third-order valence-corrected chi connectivity index (χ3v) is 10.3. The summed E-state index contributed by atoms with van der Waals surface area (Å²) in [5, 5.41) is 17.6. The number of rotatable bonds is 42. The summed E-state index contributed by atoms with van der Waals surface area (Å²) in [4.78, 5) is 81.3. The molecule has 344 valence electrons. The summed E-state index contributed by atoms with van der Waals surface area (Å²) in [5.74, 6) is -5.63. The number of phosphoric acid groups is 1. The molecular formula is C42H75O16P. The Morgan fingerprint density at radius 3 is 1.05 bits per heavy atom. The largest absolute Gasteiger partial charge is 0.481 e. The van der Waals surface area contributed by atoms with Crippen molar-refractivity contribution in [1.82, 2.24) is 0 Å². The molecule has 0 spiro atoms. The number of phosphoric ester groups is 1. The van der Waals surface area contributed by atoms with Gasteiger partial charge in [-0.15, -0.1) is 0 Å². The van der Waals surface area contributed by atoms with Crippen molar-refractivity contribution < 1.29 is 76.4 Å². The highest BCUT2D eigenvalue weighted by molar-refractivity contribution is 7.47. The number of hydrogen-bond acceptors (Lipinski definition) is 13. The van der Waals surface area contributed by atoms with Crippen LogP contribution in [-0.2, 0) is 61.3 Å². The van der Waals surface area contributed by atoms with E-state index in [-0.39, 0.29) is 12.8 Å². The Labute approximate surface area is 351 Å². The van der Waals surface area contributed by atoms with Gasteiger partial charge in [-0.2, -0.15) is 0 Å². The lowest BCUT2D eigenvalue weighted by Gasteiger charge is -2.22. The van der Waals surface area contributed by atoms with Gasteiger partial charge in [-0.05, 0) is 12.8 Å². The van der Waals surface area contributed by atoms with E-state index >= 15 is 0 Å². The molecule has 0 saturated carbocycles. The number of unbranched alkanes of at least 4 members (excludes halogenated alkanes) is 20. The topological polar surface area (TPSA) is 236 Å². The molecule has 0 aromatic heterocycles. The fourth-order valence-electron chi connectivity index (χ4n) is 5.92. The maximum absolute atomic E-state index is 12.8. The van der Waals surface area contributed by atoms with Gasteiger partial charge < -0.3 is 34.1 Å². The number of carboxylic acid groups (broad SMARTS) is 2. The Morgan fingerprint density at radius 1 is 0.407 bits per heavy atom. The SMILES string of the molecule is CCCCCCCCCCCCCC(=O)OC[C@H](COP(=O)(O)OCC(COC(=O)CCC(=O)O)OC(=O)CCC(=O)O)OC(=O)CCCCCCCCCCCCC. The quantitative estimate of drug-likeness (QED) is 0.0224. The normalized spacial score (nSPS) is 13.2. The molecule has 0 rings (SSSR count). The summed E-state index contributed by atoms with van der Waals surface area (Å²) in [6.07, 6.45) is 19.7. The van der Waals surface area contributed by atoms with Gasteiger partial charge in [-0.3, -0.25) is 37.8 Å². The average molecular weight is 867 g/mol. The summed E-state index contributed by atoms with van der Waals surface area (Å²) < 4.78 is 43.7. The number of carbonyl (C=O) groups excluding carboxylic acids is 4. The lowest BCUT2D eigenvalue weighted by atomic mass is 10.1. The average Bonchev–Trinajstić information content (AvgIpc) is 3.19. The molecule has 0 aliphatic heterocycles. The van der Waals surface area contributed by atoms with Crippen LogP contribution in [0.2, 0.25) is 0 Å². The van der Waals surface area contributed by atoms with Gasteiger partial charge in [-0.1, -0.05) is 142 Å². The summed E-state index contributed by atoms with van der Waals surface area (Å²) in [5.41, 5.74) is 0. The Bertz CT molecular complexity index is 1200. The standard InChI is InChI=1S/C42H75O16P/c1-3-5-7-9-11-13-15-17-19-21-23-25-39(47)53-31-35(57-41(49)26-24-22-20-18-16-14-12-10-8-6-4-2)33-55-59(51,52)56-34-36(58-42(50)30-28-38(45)46)32-54-40(48)29-27-37(43)44/h35-36H,3-34H2,1-2H3,(H,43,44)(H,45,46)(H,51,52)/t35-,36?/m1/s1. The summed E-state index contributed by atoms with van der Waals surface area (Å²) in [6, 6.07) is 0. The zero-order valence-corrected chi connectivity index (χ0v) is 36.8. The third-order valence-electron chi connectivity index (χ3n) is 9.36. The van der Waals surface area contributed by atoms with E-state index in [1.165, 1.54) is 83.5 Å². The molecule has 3 N–H and O–H groups in total.